The predicted molar refractivity (Wildman–Crippen MR) is 77.6 cm³/mol. The van der Waals surface area contributed by atoms with Crippen molar-refractivity contribution in [2.24, 2.45) is 0 Å². The highest BCUT2D eigenvalue weighted by molar-refractivity contribution is 7.13. The van der Waals surface area contributed by atoms with Gasteiger partial charge in [0.15, 0.2) is 5.13 Å². The van der Waals surface area contributed by atoms with E-state index in [-0.39, 0.29) is 5.97 Å². The fourth-order valence-corrected chi connectivity index (χ4v) is 2.11. The lowest BCUT2D eigenvalue weighted by atomic mass is 10.1. The molecular formula is C14H14N2O2S. The second-order valence-corrected chi connectivity index (χ2v) is 4.67. The predicted octanol–water partition coefficient (Wildman–Crippen LogP) is 2.97. The summed E-state index contributed by atoms with van der Waals surface area (Å²) < 4.78 is 4.81. The summed E-state index contributed by atoms with van der Waals surface area (Å²) in [7, 11) is 0. The molecule has 0 saturated heterocycles. The standard InChI is InChI=1S/C14H14N2O2S/c1-2-18-13(17)8-5-10-3-6-11(7-4-10)12-9-19-14(15)16-12/h3-9H,2H2,1H3,(H2,15,16)/b8-5+. The molecule has 19 heavy (non-hydrogen) atoms. The number of thiazole rings is 1. The SMILES string of the molecule is CCOC(=O)/C=C/c1ccc(-c2csc(N)n2)cc1. The highest BCUT2D eigenvalue weighted by Crippen LogP contribution is 2.23. The van der Waals surface area contributed by atoms with Gasteiger partial charge in [-0.15, -0.1) is 11.3 Å². The van der Waals surface area contributed by atoms with Crippen LogP contribution in [0.1, 0.15) is 12.5 Å². The first-order valence-corrected chi connectivity index (χ1v) is 6.73. The van der Waals surface area contributed by atoms with E-state index in [0.29, 0.717) is 11.7 Å². The summed E-state index contributed by atoms with van der Waals surface area (Å²) in [6.07, 6.45) is 3.14. The molecule has 2 rings (SSSR count). The molecule has 1 aromatic heterocycles. The van der Waals surface area contributed by atoms with Crippen molar-refractivity contribution in [1.82, 2.24) is 4.98 Å². The molecule has 0 radical (unpaired) electrons. The van der Waals surface area contributed by atoms with E-state index in [1.54, 1.807) is 13.0 Å². The van der Waals surface area contributed by atoms with Gasteiger partial charge in [0.05, 0.1) is 12.3 Å². The molecule has 98 valence electrons. The summed E-state index contributed by atoms with van der Waals surface area (Å²) in [5, 5.41) is 2.47. The summed E-state index contributed by atoms with van der Waals surface area (Å²) in [6.45, 7) is 2.16. The lowest BCUT2D eigenvalue weighted by molar-refractivity contribution is -0.137. The highest BCUT2D eigenvalue weighted by atomic mass is 32.1. The minimum Gasteiger partial charge on any atom is -0.463 e. The molecule has 1 heterocycles. The number of anilines is 1. The van der Waals surface area contributed by atoms with Crippen molar-refractivity contribution < 1.29 is 9.53 Å². The van der Waals surface area contributed by atoms with Crippen LogP contribution in [0.25, 0.3) is 17.3 Å². The Hall–Kier alpha value is -2.14. The fraction of sp³-hybridized carbons (Fsp3) is 0.143. The lowest BCUT2D eigenvalue weighted by Gasteiger charge is -1.98. The number of carbonyl (C=O) groups excluding carboxylic acids is 1. The molecule has 0 spiro atoms. The van der Waals surface area contributed by atoms with E-state index in [2.05, 4.69) is 4.98 Å². The van der Waals surface area contributed by atoms with Crippen molar-refractivity contribution in [2.45, 2.75) is 6.92 Å². The molecule has 0 fully saturated rings. The topological polar surface area (TPSA) is 65.2 Å². The van der Waals surface area contributed by atoms with Gasteiger partial charge in [0.2, 0.25) is 0 Å². The molecule has 0 atom stereocenters. The molecular weight excluding hydrogens is 260 g/mol. The van der Waals surface area contributed by atoms with Gasteiger partial charge in [-0.05, 0) is 18.6 Å². The van der Waals surface area contributed by atoms with Crippen LogP contribution in [0.2, 0.25) is 0 Å². The second kappa shape index (κ2) is 6.15. The average Bonchev–Trinajstić information content (AvgIpc) is 2.84. The van der Waals surface area contributed by atoms with Crippen LogP contribution in [-0.4, -0.2) is 17.6 Å². The van der Waals surface area contributed by atoms with E-state index in [0.717, 1.165) is 16.8 Å². The Morgan fingerprint density at radius 2 is 2.16 bits per heavy atom. The van der Waals surface area contributed by atoms with Gasteiger partial charge in [-0.2, -0.15) is 0 Å². The van der Waals surface area contributed by atoms with Gasteiger partial charge in [-0.1, -0.05) is 24.3 Å². The zero-order chi connectivity index (χ0) is 13.7. The van der Waals surface area contributed by atoms with Crippen molar-refractivity contribution in [3.05, 3.63) is 41.3 Å². The molecule has 0 unspecified atom stereocenters. The van der Waals surface area contributed by atoms with Crippen molar-refractivity contribution in [3.8, 4) is 11.3 Å². The molecule has 0 aliphatic rings. The molecule has 2 aromatic rings. The van der Waals surface area contributed by atoms with Gasteiger partial charge < -0.3 is 10.5 Å². The van der Waals surface area contributed by atoms with Crippen LogP contribution >= 0.6 is 11.3 Å². The Bertz CT molecular complexity index is 588. The summed E-state index contributed by atoms with van der Waals surface area (Å²) in [6, 6.07) is 7.72. The summed E-state index contributed by atoms with van der Waals surface area (Å²) in [5.41, 5.74) is 8.40. The van der Waals surface area contributed by atoms with E-state index >= 15 is 0 Å². The number of hydrogen-bond donors (Lipinski definition) is 1. The zero-order valence-electron chi connectivity index (χ0n) is 10.5. The van der Waals surface area contributed by atoms with Gasteiger partial charge in [0.1, 0.15) is 0 Å². The Kier molecular flexibility index (Phi) is 4.30. The Morgan fingerprint density at radius 1 is 1.42 bits per heavy atom. The highest BCUT2D eigenvalue weighted by Gasteiger charge is 2.01. The Balaban J connectivity index is 2.08. The van der Waals surface area contributed by atoms with Crippen LogP contribution < -0.4 is 5.73 Å². The number of carbonyl (C=O) groups is 1. The minimum absolute atomic E-state index is 0.334. The van der Waals surface area contributed by atoms with Gasteiger partial charge in [-0.3, -0.25) is 0 Å². The number of nitrogen functional groups attached to an aromatic ring is 1. The van der Waals surface area contributed by atoms with E-state index in [4.69, 9.17) is 10.5 Å². The summed E-state index contributed by atoms with van der Waals surface area (Å²) >= 11 is 1.41. The molecule has 0 saturated carbocycles. The maximum atomic E-state index is 11.2. The molecule has 0 aliphatic heterocycles. The maximum absolute atomic E-state index is 11.2. The maximum Gasteiger partial charge on any atom is 0.330 e. The van der Waals surface area contributed by atoms with Crippen molar-refractivity contribution in [3.63, 3.8) is 0 Å². The molecule has 1 aromatic carbocycles. The van der Waals surface area contributed by atoms with Crippen LogP contribution in [0.4, 0.5) is 5.13 Å². The number of hydrogen-bond acceptors (Lipinski definition) is 5. The number of aromatic nitrogens is 1. The third-order valence-electron chi connectivity index (χ3n) is 2.43. The van der Waals surface area contributed by atoms with Crippen LogP contribution in [-0.2, 0) is 9.53 Å². The van der Waals surface area contributed by atoms with Crippen molar-refractivity contribution >= 4 is 28.5 Å². The minimum atomic E-state index is -0.334. The first-order chi connectivity index (χ1) is 9.19. The summed E-state index contributed by atoms with van der Waals surface area (Å²) in [4.78, 5) is 15.4. The molecule has 5 heteroatoms. The van der Waals surface area contributed by atoms with Crippen LogP contribution in [0, 0.1) is 0 Å². The first kappa shape index (κ1) is 13.3. The monoisotopic (exact) mass is 274 g/mol. The third-order valence-corrected chi connectivity index (χ3v) is 3.10. The quantitative estimate of drug-likeness (QED) is 0.687. The average molecular weight is 274 g/mol. The zero-order valence-corrected chi connectivity index (χ0v) is 11.3. The second-order valence-electron chi connectivity index (χ2n) is 3.78. The van der Waals surface area contributed by atoms with E-state index in [1.165, 1.54) is 17.4 Å². The normalized spacial score (nSPS) is 10.8. The summed E-state index contributed by atoms with van der Waals surface area (Å²) in [5.74, 6) is -0.334. The van der Waals surface area contributed by atoms with Gasteiger partial charge in [0.25, 0.3) is 0 Å². The molecule has 0 bridgehead atoms. The van der Waals surface area contributed by atoms with Crippen LogP contribution in [0.5, 0.6) is 0 Å². The number of benzene rings is 1. The number of rotatable bonds is 4. The Morgan fingerprint density at radius 3 is 2.74 bits per heavy atom. The fourth-order valence-electron chi connectivity index (χ4n) is 1.54. The Labute approximate surface area is 115 Å². The van der Waals surface area contributed by atoms with E-state index in [9.17, 15) is 4.79 Å². The lowest BCUT2D eigenvalue weighted by Crippen LogP contribution is -1.98. The largest absolute Gasteiger partial charge is 0.463 e. The van der Waals surface area contributed by atoms with E-state index in [1.807, 2.05) is 29.6 Å². The smallest absolute Gasteiger partial charge is 0.330 e. The first-order valence-electron chi connectivity index (χ1n) is 5.85. The van der Waals surface area contributed by atoms with Crippen molar-refractivity contribution in [1.29, 1.82) is 0 Å². The van der Waals surface area contributed by atoms with Crippen LogP contribution in [0.3, 0.4) is 0 Å². The number of nitrogens with zero attached hydrogens (tertiary/aromatic N) is 1. The molecule has 0 aliphatic carbocycles. The molecule has 0 amide bonds. The van der Waals surface area contributed by atoms with Gasteiger partial charge in [0, 0.05) is 17.0 Å². The number of esters is 1. The van der Waals surface area contributed by atoms with Gasteiger partial charge in [-0.25, -0.2) is 9.78 Å². The van der Waals surface area contributed by atoms with Gasteiger partial charge >= 0.3 is 5.97 Å². The van der Waals surface area contributed by atoms with Crippen LogP contribution in [0.15, 0.2) is 35.7 Å². The number of ether oxygens (including phenoxy) is 1. The van der Waals surface area contributed by atoms with E-state index < -0.39 is 0 Å². The molecule has 4 nitrogen and oxygen atoms in total. The third kappa shape index (κ3) is 3.66. The number of nitrogens with two attached hydrogens (primary N) is 1. The molecule has 2 N–H and O–H groups in total. The van der Waals surface area contributed by atoms with Crippen molar-refractivity contribution in [2.75, 3.05) is 12.3 Å².